The number of hydrogen-bond donors (Lipinski definition) is 1. The molecule has 7 heteroatoms. The molecule has 0 spiro atoms. The van der Waals surface area contributed by atoms with Gasteiger partial charge in [0.25, 0.3) is 5.78 Å². The molecule has 1 aliphatic rings. The van der Waals surface area contributed by atoms with Crippen molar-refractivity contribution in [2.75, 3.05) is 4.90 Å². The van der Waals surface area contributed by atoms with Crippen molar-refractivity contribution in [1.82, 2.24) is 9.97 Å². The molecule has 2 aromatic heterocycles. The first-order valence-electron chi connectivity index (χ1n) is 10.5. The number of aliphatic hydroxyl groups is 1. The number of benzene rings is 2. The Morgan fingerprint density at radius 2 is 1.79 bits per heavy atom. The Hall–Kier alpha value is -3.84. The summed E-state index contributed by atoms with van der Waals surface area (Å²) in [5.74, 6) is -1.65. The van der Waals surface area contributed by atoms with Crippen LogP contribution in [0.15, 0.2) is 66.5 Å². The van der Waals surface area contributed by atoms with Crippen LogP contribution >= 0.6 is 11.3 Å². The normalized spacial score (nSPS) is 17.8. The summed E-state index contributed by atoms with van der Waals surface area (Å²) in [7, 11) is 0. The van der Waals surface area contributed by atoms with Crippen molar-refractivity contribution < 1.29 is 14.7 Å². The average Bonchev–Trinajstić information content (AvgIpc) is 3.33. The molecule has 2 aromatic carbocycles. The van der Waals surface area contributed by atoms with Crippen molar-refractivity contribution in [2.24, 2.45) is 0 Å². The molecule has 1 unspecified atom stereocenters. The van der Waals surface area contributed by atoms with Crippen LogP contribution in [0.5, 0.6) is 0 Å². The van der Waals surface area contributed by atoms with Crippen LogP contribution in [0.25, 0.3) is 16.0 Å². The van der Waals surface area contributed by atoms with Gasteiger partial charge in [0.2, 0.25) is 0 Å². The number of carbonyl (C=O) groups is 2. The van der Waals surface area contributed by atoms with Crippen LogP contribution in [0.2, 0.25) is 0 Å². The fourth-order valence-electron chi connectivity index (χ4n) is 4.14. The molecule has 33 heavy (non-hydrogen) atoms. The van der Waals surface area contributed by atoms with E-state index in [1.54, 1.807) is 24.5 Å². The number of amides is 1. The molecule has 1 N–H and O–H groups in total. The van der Waals surface area contributed by atoms with E-state index in [4.69, 9.17) is 0 Å². The zero-order valence-corrected chi connectivity index (χ0v) is 19.2. The summed E-state index contributed by atoms with van der Waals surface area (Å²) >= 11 is 1.35. The number of nitrogens with zero attached hydrogens (tertiary/aromatic N) is 3. The minimum atomic E-state index is -0.833. The molecule has 1 fully saturated rings. The van der Waals surface area contributed by atoms with Gasteiger partial charge in [-0.15, -0.1) is 0 Å². The van der Waals surface area contributed by atoms with Gasteiger partial charge in [-0.3, -0.25) is 19.5 Å². The SMILES string of the molecule is Cc1ccc(C)c(/C(O)=C2\C(=O)C(=O)N(c3nc4ccc(C)cc4s3)C2c2cccnc2)c1. The number of ketones is 1. The van der Waals surface area contributed by atoms with Gasteiger partial charge in [0.1, 0.15) is 5.76 Å². The quantitative estimate of drug-likeness (QED) is 0.259. The van der Waals surface area contributed by atoms with Crippen molar-refractivity contribution >= 4 is 44.1 Å². The molecule has 4 aromatic rings. The van der Waals surface area contributed by atoms with Crippen LogP contribution in [0.1, 0.15) is 33.9 Å². The van der Waals surface area contributed by atoms with Gasteiger partial charge < -0.3 is 5.11 Å². The number of fused-ring (bicyclic) bond motifs is 1. The lowest BCUT2D eigenvalue weighted by Crippen LogP contribution is -2.29. The molecule has 0 radical (unpaired) electrons. The second kappa shape index (κ2) is 7.94. The summed E-state index contributed by atoms with van der Waals surface area (Å²) in [4.78, 5) is 36.8. The lowest BCUT2D eigenvalue weighted by Gasteiger charge is -2.22. The van der Waals surface area contributed by atoms with Crippen LogP contribution in [-0.2, 0) is 9.59 Å². The highest BCUT2D eigenvalue weighted by atomic mass is 32.1. The Morgan fingerprint density at radius 1 is 1.03 bits per heavy atom. The summed E-state index contributed by atoms with van der Waals surface area (Å²) in [6, 6.07) is 14.2. The number of aromatic nitrogens is 2. The average molecular weight is 456 g/mol. The molecule has 6 nitrogen and oxygen atoms in total. The molecule has 5 rings (SSSR count). The third-order valence-corrected chi connectivity index (χ3v) is 6.85. The Bertz CT molecular complexity index is 1460. The molecule has 1 aliphatic heterocycles. The molecular weight excluding hydrogens is 434 g/mol. The highest BCUT2D eigenvalue weighted by molar-refractivity contribution is 7.22. The lowest BCUT2D eigenvalue weighted by atomic mass is 9.94. The van der Waals surface area contributed by atoms with E-state index < -0.39 is 17.7 Å². The summed E-state index contributed by atoms with van der Waals surface area (Å²) < 4.78 is 0.923. The van der Waals surface area contributed by atoms with Gasteiger partial charge in [-0.25, -0.2) is 4.98 Å². The van der Waals surface area contributed by atoms with Gasteiger partial charge in [-0.05, 0) is 61.7 Å². The highest BCUT2D eigenvalue weighted by Gasteiger charge is 2.48. The van der Waals surface area contributed by atoms with E-state index in [0.717, 1.165) is 26.9 Å². The number of pyridine rings is 1. The maximum Gasteiger partial charge on any atom is 0.301 e. The van der Waals surface area contributed by atoms with E-state index in [1.165, 1.54) is 16.2 Å². The third-order valence-electron chi connectivity index (χ3n) is 5.83. The fourth-order valence-corrected chi connectivity index (χ4v) is 5.23. The molecule has 3 heterocycles. The molecule has 1 atom stereocenters. The topological polar surface area (TPSA) is 83.4 Å². The maximum absolute atomic E-state index is 13.3. The van der Waals surface area contributed by atoms with Crippen LogP contribution in [0, 0.1) is 20.8 Å². The predicted molar refractivity (Wildman–Crippen MR) is 129 cm³/mol. The molecule has 0 bridgehead atoms. The molecule has 0 aliphatic carbocycles. The molecule has 1 saturated heterocycles. The van der Waals surface area contributed by atoms with E-state index in [1.807, 2.05) is 57.2 Å². The summed E-state index contributed by atoms with van der Waals surface area (Å²) in [6.07, 6.45) is 3.23. The molecule has 0 saturated carbocycles. The molecule has 164 valence electrons. The molecule has 1 amide bonds. The van der Waals surface area contributed by atoms with E-state index >= 15 is 0 Å². The van der Waals surface area contributed by atoms with Crippen molar-refractivity contribution in [3.05, 3.63) is 94.3 Å². The van der Waals surface area contributed by atoms with Crippen LogP contribution in [-0.4, -0.2) is 26.8 Å². The van der Waals surface area contributed by atoms with Crippen molar-refractivity contribution in [3.8, 4) is 0 Å². The number of aliphatic hydroxyl groups excluding tert-OH is 1. The first-order chi connectivity index (χ1) is 15.8. The van der Waals surface area contributed by atoms with Crippen molar-refractivity contribution in [3.63, 3.8) is 0 Å². The van der Waals surface area contributed by atoms with E-state index in [9.17, 15) is 14.7 Å². The highest BCUT2D eigenvalue weighted by Crippen LogP contribution is 2.44. The number of Topliss-reactive ketones (excluding diaryl/α,β-unsaturated/α-hetero) is 1. The van der Waals surface area contributed by atoms with Gasteiger partial charge in [-0.1, -0.05) is 41.2 Å². The number of anilines is 1. The van der Waals surface area contributed by atoms with Gasteiger partial charge in [0.15, 0.2) is 5.13 Å². The second-order valence-electron chi connectivity index (χ2n) is 8.24. The summed E-state index contributed by atoms with van der Waals surface area (Å²) in [5, 5.41) is 11.7. The second-order valence-corrected chi connectivity index (χ2v) is 9.25. The van der Waals surface area contributed by atoms with Gasteiger partial charge in [0, 0.05) is 18.0 Å². The number of carbonyl (C=O) groups excluding carboxylic acids is 2. The summed E-state index contributed by atoms with van der Waals surface area (Å²) in [6.45, 7) is 5.76. The number of hydrogen-bond acceptors (Lipinski definition) is 6. The maximum atomic E-state index is 13.3. The van der Waals surface area contributed by atoms with Crippen LogP contribution in [0.3, 0.4) is 0 Å². The monoisotopic (exact) mass is 455 g/mol. The molecular formula is C26H21N3O3S. The summed E-state index contributed by atoms with van der Waals surface area (Å²) in [5.41, 5.74) is 4.78. The number of aryl methyl sites for hydroxylation is 3. The lowest BCUT2D eigenvalue weighted by molar-refractivity contribution is -0.132. The van der Waals surface area contributed by atoms with Crippen molar-refractivity contribution in [1.29, 1.82) is 0 Å². The van der Waals surface area contributed by atoms with E-state index in [2.05, 4.69) is 9.97 Å². The van der Waals surface area contributed by atoms with E-state index in [-0.39, 0.29) is 11.3 Å². The standard InChI is InChI=1S/C26H21N3O3S/c1-14-6-8-16(3)18(11-14)23(30)21-22(17-5-4-10-27-13-17)29(25(32)24(21)31)26-28-19-9-7-15(2)12-20(19)33-26/h4-13,22,30H,1-3H3/b23-21+. The first-order valence-corrected chi connectivity index (χ1v) is 11.3. The van der Waals surface area contributed by atoms with E-state index in [0.29, 0.717) is 16.3 Å². The largest absolute Gasteiger partial charge is 0.507 e. The Morgan fingerprint density at radius 3 is 2.55 bits per heavy atom. The minimum Gasteiger partial charge on any atom is -0.507 e. The van der Waals surface area contributed by atoms with Crippen molar-refractivity contribution in [2.45, 2.75) is 26.8 Å². The number of thiazole rings is 1. The Balaban J connectivity index is 1.75. The first kappa shape index (κ1) is 21.0. The van der Waals surface area contributed by atoms with Crippen LogP contribution in [0.4, 0.5) is 5.13 Å². The smallest absolute Gasteiger partial charge is 0.301 e. The van der Waals surface area contributed by atoms with Gasteiger partial charge in [0.05, 0.1) is 21.8 Å². The third kappa shape index (κ3) is 3.50. The zero-order chi connectivity index (χ0) is 23.3. The fraction of sp³-hybridized carbons (Fsp3) is 0.154. The zero-order valence-electron chi connectivity index (χ0n) is 18.4. The predicted octanol–water partition coefficient (Wildman–Crippen LogP) is 5.24. The number of rotatable bonds is 3. The van der Waals surface area contributed by atoms with Crippen LogP contribution < -0.4 is 4.90 Å². The Kier molecular flexibility index (Phi) is 5.06. The Labute approximate surface area is 194 Å². The minimum absolute atomic E-state index is 0.0390. The van der Waals surface area contributed by atoms with Gasteiger partial charge >= 0.3 is 5.91 Å². The van der Waals surface area contributed by atoms with Gasteiger partial charge in [-0.2, -0.15) is 0 Å².